The number of amides is 1. The number of hydrogen-bond acceptors (Lipinski definition) is 2. The van der Waals surface area contributed by atoms with E-state index in [0.29, 0.717) is 12.3 Å². The topological polar surface area (TPSA) is 29.5 Å². The number of carbonyl (C=O) groups is 1. The Balaban J connectivity index is 2.23. The zero-order valence-corrected chi connectivity index (χ0v) is 14.8. The second kappa shape index (κ2) is 8.70. The molecule has 2 rings (SSSR count). The minimum Gasteiger partial charge on any atom is -0.376 e. The Morgan fingerprint density at radius 2 is 1.96 bits per heavy atom. The number of carbonyl (C=O) groups excluding carboxylic acids is 1. The average molecular weight is 357 g/mol. The van der Waals surface area contributed by atoms with Crippen LogP contribution in [0.2, 0.25) is 0 Å². The first kappa shape index (κ1) is 19.8. The molecule has 1 fully saturated rings. The summed E-state index contributed by atoms with van der Waals surface area (Å²) in [7, 11) is 0. The minimum absolute atomic E-state index is 0.120. The zero-order valence-electron chi connectivity index (χ0n) is 14.8. The molecule has 0 aliphatic heterocycles. The van der Waals surface area contributed by atoms with E-state index in [4.69, 9.17) is 4.74 Å². The molecule has 3 unspecified atom stereocenters. The highest BCUT2D eigenvalue weighted by Crippen LogP contribution is 2.34. The van der Waals surface area contributed by atoms with Crippen LogP contribution in [0.5, 0.6) is 0 Å². The Morgan fingerprint density at radius 1 is 1.28 bits per heavy atom. The molecule has 1 aliphatic rings. The maximum absolute atomic E-state index is 12.9. The highest BCUT2D eigenvalue weighted by atomic mass is 19.4. The third-order valence-corrected chi connectivity index (χ3v) is 4.63. The first-order valence-corrected chi connectivity index (χ1v) is 8.90. The van der Waals surface area contributed by atoms with Crippen molar-refractivity contribution in [3.8, 4) is 0 Å². The maximum atomic E-state index is 12.9. The van der Waals surface area contributed by atoms with Gasteiger partial charge in [0.25, 0.3) is 0 Å². The Kier molecular flexibility index (Phi) is 6.87. The monoisotopic (exact) mass is 357 g/mol. The van der Waals surface area contributed by atoms with E-state index in [2.05, 4.69) is 0 Å². The standard InChI is InChI=1S/C19H26F3NO2/c1-3-12-25-17-11-7-10-16(17)23(15-8-5-4-6-9-15)18(24)13-14(2)19(20,21)22/h4-6,8-9,14,16-17H,3,7,10-13H2,1-2H3. The summed E-state index contributed by atoms with van der Waals surface area (Å²) in [5, 5.41) is 0. The highest BCUT2D eigenvalue weighted by molar-refractivity contribution is 5.94. The molecule has 25 heavy (non-hydrogen) atoms. The van der Waals surface area contributed by atoms with E-state index in [9.17, 15) is 18.0 Å². The van der Waals surface area contributed by atoms with Crippen LogP contribution in [-0.4, -0.2) is 30.8 Å². The summed E-state index contributed by atoms with van der Waals surface area (Å²) in [5.41, 5.74) is 0.638. The van der Waals surface area contributed by atoms with Gasteiger partial charge in [-0.2, -0.15) is 13.2 Å². The van der Waals surface area contributed by atoms with Gasteiger partial charge in [0.05, 0.1) is 18.1 Å². The molecule has 1 aromatic rings. The number of ether oxygens (including phenoxy) is 1. The van der Waals surface area contributed by atoms with Crippen LogP contribution < -0.4 is 4.90 Å². The van der Waals surface area contributed by atoms with Gasteiger partial charge >= 0.3 is 6.18 Å². The van der Waals surface area contributed by atoms with Gasteiger partial charge in [-0.05, 0) is 37.8 Å². The second-order valence-corrected chi connectivity index (χ2v) is 6.65. The minimum atomic E-state index is -4.37. The van der Waals surface area contributed by atoms with Crippen molar-refractivity contribution >= 4 is 11.6 Å². The van der Waals surface area contributed by atoms with Crippen LogP contribution in [0.3, 0.4) is 0 Å². The summed E-state index contributed by atoms with van der Waals surface area (Å²) in [6.07, 6.45) is -1.68. The van der Waals surface area contributed by atoms with E-state index in [-0.39, 0.29) is 12.1 Å². The zero-order chi connectivity index (χ0) is 18.4. The Morgan fingerprint density at radius 3 is 2.56 bits per heavy atom. The molecule has 1 aromatic carbocycles. The van der Waals surface area contributed by atoms with Gasteiger partial charge in [0.2, 0.25) is 5.91 Å². The van der Waals surface area contributed by atoms with Crippen LogP contribution in [0.4, 0.5) is 18.9 Å². The molecule has 6 heteroatoms. The van der Waals surface area contributed by atoms with Gasteiger partial charge in [-0.25, -0.2) is 0 Å². The van der Waals surface area contributed by atoms with E-state index in [0.717, 1.165) is 32.6 Å². The summed E-state index contributed by atoms with van der Waals surface area (Å²) >= 11 is 0. The summed E-state index contributed by atoms with van der Waals surface area (Å²) in [4.78, 5) is 14.3. The first-order chi connectivity index (χ1) is 11.8. The van der Waals surface area contributed by atoms with Crippen LogP contribution >= 0.6 is 0 Å². The summed E-state index contributed by atoms with van der Waals surface area (Å²) in [6.45, 7) is 3.66. The number of hydrogen-bond donors (Lipinski definition) is 0. The van der Waals surface area contributed by atoms with Crippen LogP contribution in [-0.2, 0) is 9.53 Å². The number of anilines is 1. The molecule has 3 nitrogen and oxygen atoms in total. The smallest absolute Gasteiger partial charge is 0.376 e. The number of halogens is 3. The Bertz CT molecular complexity index is 547. The summed E-state index contributed by atoms with van der Waals surface area (Å²) in [5.74, 6) is -2.16. The van der Waals surface area contributed by atoms with Crippen LogP contribution in [0.15, 0.2) is 30.3 Å². The van der Waals surface area contributed by atoms with Crippen LogP contribution in [0, 0.1) is 5.92 Å². The highest BCUT2D eigenvalue weighted by Gasteiger charge is 2.41. The largest absolute Gasteiger partial charge is 0.392 e. The molecule has 3 atom stereocenters. The van der Waals surface area contributed by atoms with Crippen molar-refractivity contribution in [3.05, 3.63) is 30.3 Å². The fourth-order valence-corrected chi connectivity index (χ4v) is 3.25. The molecule has 1 amide bonds. The molecule has 0 heterocycles. The molecule has 0 saturated heterocycles. The third-order valence-electron chi connectivity index (χ3n) is 4.63. The molecule has 1 saturated carbocycles. The number of para-hydroxylation sites is 1. The lowest BCUT2D eigenvalue weighted by atomic mass is 10.0. The van der Waals surface area contributed by atoms with Gasteiger partial charge in [-0.3, -0.25) is 4.79 Å². The van der Waals surface area contributed by atoms with Gasteiger partial charge in [0.15, 0.2) is 0 Å². The number of rotatable bonds is 7. The Hall–Kier alpha value is -1.56. The predicted octanol–water partition coefficient (Wildman–Crippen LogP) is 4.96. The van der Waals surface area contributed by atoms with Crippen molar-refractivity contribution in [2.45, 2.75) is 64.3 Å². The average Bonchev–Trinajstić information content (AvgIpc) is 3.01. The lowest BCUT2D eigenvalue weighted by molar-refractivity contribution is -0.173. The SMILES string of the molecule is CCCOC1CCCC1N(C(=O)CC(C)C(F)(F)F)c1ccccc1. The van der Waals surface area contributed by atoms with Gasteiger partial charge in [0.1, 0.15) is 0 Å². The van der Waals surface area contributed by atoms with Gasteiger partial charge < -0.3 is 9.64 Å². The first-order valence-electron chi connectivity index (χ1n) is 8.90. The molecular formula is C19H26F3NO2. The number of nitrogens with zero attached hydrogens (tertiary/aromatic N) is 1. The van der Waals surface area contributed by atoms with Crippen molar-refractivity contribution in [3.63, 3.8) is 0 Å². The number of alkyl halides is 3. The third kappa shape index (κ3) is 5.21. The van der Waals surface area contributed by atoms with Crippen LogP contribution in [0.25, 0.3) is 0 Å². The van der Waals surface area contributed by atoms with E-state index in [1.165, 1.54) is 4.90 Å². The summed E-state index contributed by atoms with van der Waals surface area (Å²) in [6, 6.07) is 8.74. The van der Waals surface area contributed by atoms with Crippen molar-refractivity contribution < 1.29 is 22.7 Å². The normalized spacial score (nSPS) is 22.0. The van der Waals surface area contributed by atoms with Gasteiger partial charge in [0, 0.05) is 18.7 Å². The lowest BCUT2D eigenvalue weighted by Gasteiger charge is -2.34. The van der Waals surface area contributed by atoms with E-state index in [1.54, 1.807) is 24.3 Å². The van der Waals surface area contributed by atoms with E-state index < -0.39 is 24.4 Å². The van der Waals surface area contributed by atoms with Crippen LogP contribution in [0.1, 0.15) is 46.0 Å². The van der Waals surface area contributed by atoms with Crippen molar-refractivity contribution in [1.29, 1.82) is 0 Å². The molecule has 0 radical (unpaired) electrons. The molecular weight excluding hydrogens is 331 g/mol. The van der Waals surface area contributed by atoms with Gasteiger partial charge in [-0.15, -0.1) is 0 Å². The maximum Gasteiger partial charge on any atom is 0.392 e. The van der Waals surface area contributed by atoms with E-state index in [1.807, 2.05) is 13.0 Å². The van der Waals surface area contributed by atoms with Crippen molar-refractivity contribution in [2.24, 2.45) is 5.92 Å². The molecule has 1 aliphatic carbocycles. The van der Waals surface area contributed by atoms with Crippen molar-refractivity contribution in [1.82, 2.24) is 0 Å². The summed E-state index contributed by atoms with van der Waals surface area (Å²) < 4.78 is 44.6. The molecule has 0 spiro atoms. The van der Waals surface area contributed by atoms with Crippen molar-refractivity contribution in [2.75, 3.05) is 11.5 Å². The second-order valence-electron chi connectivity index (χ2n) is 6.65. The Labute approximate surface area is 147 Å². The fourth-order valence-electron chi connectivity index (χ4n) is 3.25. The fraction of sp³-hybridized carbons (Fsp3) is 0.632. The molecule has 0 N–H and O–H groups in total. The quantitative estimate of drug-likeness (QED) is 0.690. The number of benzene rings is 1. The lowest BCUT2D eigenvalue weighted by Crippen LogP contribution is -2.46. The molecule has 140 valence electrons. The van der Waals surface area contributed by atoms with Gasteiger partial charge in [-0.1, -0.05) is 32.0 Å². The molecule has 0 bridgehead atoms. The van der Waals surface area contributed by atoms with E-state index >= 15 is 0 Å². The molecule has 0 aromatic heterocycles. The predicted molar refractivity (Wildman–Crippen MR) is 91.4 cm³/mol.